The third-order valence-electron chi connectivity index (χ3n) is 4.95. The Hall–Kier alpha value is -1.35. The number of ketones is 1. The zero-order valence-corrected chi connectivity index (χ0v) is 12.4. The number of esters is 1. The Labute approximate surface area is 123 Å². The molecule has 2 aliphatic rings. The van der Waals surface area contributed by atoms with Crippen LogP contribution in [-0.2, 0) is 20.7 Å². The number of ether oxygens (including phenoxy) is 1. The molecule has 0 heterocycles. The molecular weight excluding hydrogens is 276 g/mol. The number of fused-ring (bicyclic) bond motifs is 1. The lowest BCUT2D eigenvalue weighted by molar-refractivity contribution is -0.158. The monoisotopic (exact) mass is 292 g/mol. The predicted molar refractivity (Wildman–Crippen MR) is 75.4 cm³/mol. The van der Waals surface area contributed by atoms with Crippen LogP contribution in [0.15, 0.2) is 24.3 Å². The van der Waals surface area contributed by atoms with Gasteiger partial charge in [0, 0.05) is 10.4 Å². The molecule has 1 aromatic rings. The van der Waals surface area contributed by atoms with Gasteiger partial charge in [0.15, 0.2) is 5.78 Å². The number of hydrogen-bond acceptors (Lipinski definition) is 3. The van der Waals surface area contributed by atoms with Crippen LogP contribution in [0.1, 0.15) is 25.3 Å². The van der Waals surface area contributed by atoms with Gasteiger partial charge in [0.2, 0.25) is 0 Å². The molecule has 0 aromatic heterocycles. The Balaban J connectivity index is 1.94. The normalized spacial score (nSPS) is 34.8. The van der Waals surface area contributed by atoms with Crippen LogP contribution in [-0.4, -0.2) is 18.9 Å². The third-order valence-corrected chi connectivity index (χ3v) is 5.21. The molecule has 0 spiro atoms. The first-order valence-electron chi connectivity index (χ1n) is 6.80. The van der Waals surface area contributed by atoms with E-state index in [1.807, 2.05) is 19.1 Å². The number of hydrogen-bond donors (Lipinski definition) is 0. The Kier molecular flexibility index (Phi) is 2.94. The predicted octanol–water partition coefficient (Wildman–Crippen LogP) is 3.04. The molecule has 4 heteroatoms. The fourth-order valence-electron chi connectivity index (χ4n) is 3.64. The summed E-state index contributed by atoms with van der Waals surface area (Å²) in [6, 6.07) is 7.30. The number of halogens is 1. The molecule has 0 aliphatic heterocycles. The van der Waals surface area contributed by atoms with E-state index in [0.717, 1.165) is 12.0 Å². The van der Waals surface area contributed by atoms with Gasteiger partial charge in [0.05, 0.1) is 7.11 Å². The second-order valence-electron chi connectivity index (χ2n) is 6.23. The van der Waals surface area contributed by atoms with E-state index in [0.29, 0.717) is 23.8 Å². The van der Waals surface area contributed by atoms with Crippen LogP contribution in [0.2, 0.25) is 5.02 Å². The Morgan fingerprint density at radius 1 is 1.35 bits per heavy atom. The Morgan fingerprint density at radius 3 is 2.50 bits per heavy atom. The van der Waals surface area contributed by atoms with E-state index < -0.39 is 11.4 Å². The summed E-state index contributed by atoms with van der Waals surface area (Å²) in [6.07, 6.45) is 1.92. The van der Waals surface area contributed by atoms with Crippen molar-refractivity contribution >= 4 is 23.4 Å². The van der Waals surface area contributed by atoms with Gasteiger partial charge in [-0.1, -0.05) is 30.7 Å². The van der Waals surface area contributed by atoms with Crippen LogP contribution in [0.5, 0.6) is 0 Å². The van der Waals surface area contributed by atoms with Gasteiger partial charge in [-0.2, -0.15) is 0 Å². The van der Waals surface area contributed by atoms with Crippen LogP contribution in [0.25, 0.3) is 0 Å². The maximum absolute atomic E-state index is 12.7. The molecule has 3 nitrogen and oxygen atoms in total. The zero-order chi connectivity index (χ0) is 14.5. The minimum atomic E-state index is -1.000. The first kappa shape index (κ1) is 13.6. The molecule has 2 fully saturated rings. The average molecular weight is 293 g/mol. The summed E-state index contributed by atoms with van der Waals surface area (Å²) >= 11 is 5.88. The molecule has 0 N–H and O–H groups in total. The highest BCUT2D eigenvalue weighted by Crippen LogP contribution is 2.67. The molecule has 3 rings (SSSR count). The molecule has 106 valence electrons. The lowest BCUT2D eigenvalue weighted by atomic mass is 9.75. The van der Waals surface area contributed by atoms with E-state index in [1.165, 1.54) is 7.11 Å². The van der Waals surface area contributed by atoms with Gasteiger partial charge in [-0.25, -0.2) is 0 Å². The van der Waals surface area contributed by atoms with E-state index in [1.54, 1.807) is 12.1 Å². The molecule has 3 unspecified atom stereocenters. The van der Waals surface area contributed by atoms with Gasteiger partial charge in [0.25, 0.3) is 0 Å². The second-order valence-corrected chi connectivity index (χ2v) is 6.67. The van der Waals surface area contributed by atoms with Crippen molar-refractivity contribution in [3.05, 3.63) is 34.9 Å². The van der Waals surface area contributed by atoms with Gasteiger partial charge in [0.1, 0.15) is 5.41 Å². The van der Waals surface area contributed by atoms with Gasteiger partial charge < -0.3 is 4.74 Å². The van der Waals surface area contributed by atoms with Crippen molar-refractivity contribution in [2.45, 2.75) is 26.2 Å². The molecule has 1 aromatic carbocycles. The van der Waals surface area contributed by atoms with E-state index in [9.17, 15) is 9.59 Å². The molecule has 20 heavy (non-hydrogen) atoms. The van der Waals surface area contributed by atoms with E-state index in [-0.39, 0.29) is 11.2 Å². The van der Waals surface area contributed by atoms with Crippen molar-refractivity contribution in [3.8, 4) is 0 Å². The summed E-state index contributed by atoms with van der Waals surface area (Å²) in [5, 5.41) is 0.647. The zero-order valence-electron chi connectivity index (χ0n) is 11.6. The van der Waals surface area contributed by atoms with Gasteiger partial charge in [-0.15, -0.1) is 0 Å². The summed E-state index contributed by atoms with van der Waals surface area (Å²) in [7, 11) is 1.35. The minimum absolute atomic E-state index is 0.0526. The number of benzene rings is 1. The lowest BCUT2D eigenvalue weighted by Gasteiger charge is -2.27. The van der Waals surface area contributed by atoms with Crippen molar-refractivity contribution in [2.24, 2.45) is 16.7 Å². The molecule has 0 amide bonds. The fourth-order valence-corrected chi connectivity index (χ4v) is 3.76. The highest BCUT2D eigenvalue weighted by molar-refractivity contribution is 6.30. The highest BCUT2D eigenvalue weighted by atomic mass is 35.5. The van der Waals surface area contributed by atoms with Gasteiger partial charge >= 0.3 is 5.97 Å². The standard InChI is InChI=1S/C16H17ClO3/c1-15-8-11(15)9-16(13(15)18,14(19)20-2)7-10-3-5-12(17)6-4-10/h3-6,11H,7-9H2,1-2H3. The maximum atomic E-state index is 12.7. The van der Waals surface area contributed by atoms with Gasteiger partial charge in [-0.05, 0) is 42.9 Å². The van der Waals surface area contributed by atoms with E-state index in [4.69, 9.17) is 16.3 Å². The summed E-state index contributed by atoms with van der Waals surface area (Å²) in [6.45, 7) is 1.96. The Morgan fingerprint density at radius 2 is 2.00 bits per heavy atom. The Bertz CT molecular complexity index is 580. The summed E-state index contributed by atoms with van der Waals surface area (Å²) < 4.78 is 4.93. The van der Waals surface area contributed by atoms with Crippen LogP contribution >= 0.6 is 11.6 Å². The first-order chi connectivity index (χ1) is 9.42. The number of carbonyl (C=O) groups excluding carboxylic acids is 2. The fraction of sp³-hybridized carbons (Fsp3) is 0.500. The largest absolute Gasteiger partial charge is 0.468 e. The van der Waals surface area contributed by atoms with E-state index in [2.05, 4.69) is 0 Å². The molecule has 0 saturated heterocycles. The molecule has 0 bridgehead atoms. The van der Waals surface area contributed by atoms with Crippen LogP contribution in [0.3, 0.4) is 0 Å². The maximum Gasteiger partial charge on any atom is 0.319 e. The molecule has 3 atom stereocenters. The molecule has 2 saturated carbocycles. The number of methoxy groups -OCH3 is 1. The van der Waals surface area contributed by atoms with Crippen LogP contribution in [0, 0.1) is 16.7 Å². The number of rotatable bonds is 3. The smallest absolute Gasteiger partial charge is 0.319 e. The van der Waals surface area contributed by atoms with E-state index >= 15 is 0 Å². The molecule has 2 aliphatic carbocycles. The summed E-state index contributed by atoms with van der Waals surface area (Å²) in [4.78, 5) is 25.0. The summed E-state index contributed by atoms with van der Waals surface area (Å²) in [5.74, 6) is -0.0101. The minimum Gasteiger partial charge on any atom is -0.468 e. The second kappa shape index (κ2) is 4.32. The van der Waals surface area contributed by atoms with Gasteiger partial charge in [-0.3, -0.25) is 9.59 Å². The van der Waals surface area contributed by atoms with Crippen LogP contribution < -0.4 is 0 Å². The number of carbonyl (C=O) groups is 2. The van der Waals surface area contributed by atoms with Crippen LogP contribution in [0.4, 0.5) is 0 Å². The van der Waals surface area contributed by atoms with Crippen molar-refractivity contribution in [1.29, 1.82) is 0 Å². The topological polar surface area (TPSA) is 43.4 Å². The number of Topliss-reactive ketones (excluding diaryl/α,β-unsaturated/α-hetero) is 1. The quantitative estimate of drug-likeness (QED) is 0.635. The summed E-state index contributed by atoms with van der Waals surface area (Å²) in [5.41, 5.74) is -0.362. The third kappa shape index (κ3) is 1.80. The highest BCUT2D eigenvalue weighted by Gasteiger charge is 2.71. The first-order valence-corrected chi connectivity index (χ1v) is 7.18. The van der Waals surface area contributed by atoms with Crippen molar-refractivity contribution in [2.75, 3.05) is 7.11 Å². The molecular formula is C16H17ClO3. The lowest BCUT2D eigenvalue weighted by Crippen LogP contribution is -2.42. The SMILES string of the molecule is COC(=O)C1(Cc2ccc(Cl)cc2)CC2CC2(C)C1=O. The average Bonchev–Trinajstić information content (AvgIpc) is 3.04. The molecule has 0 radical (unpaired) electrons. The van der Waals surface area contributed by atoms with Crippen molar-refractivity contribution < 1.29 is 14.3 Å². The van der Waals surface area contributed by atoms with Crippen molar-refractivity contribution in [1.82, 2.24) is 0 Å². The van der Waals surface area contributed by atoms with Crippen molar-refractivity contribution in [3.63, 3.8) is 0 Å².